The standard InChI is InChI=1S/C16H19N3O/c1-12-14(8-10-20-12)18-15-7-9-17-16(19-15)11-13-5-3-2-4-6-13/h2-7,9,12,14H,8,10-11H2,1H3,(H,17,18,19)/t12-,14+/m1/s1. The van der Waals surface area contributed by atoms with E-state index in [1.165, 1.54) is 5.56 Å². The van der Waals surface area contributed by atoms with Crippen LogP contribution in [0, 0.1) is 0 Å². The van der Waals surface area contributed by atoms with Crippen molar-refractivity contribution in [3.05, 3.63) is 54.0 Å². The second-order valence-corrected chi connectivity index (χ2v) is 5.14. The predicted octanol–water partition coefficient (Wildman–Crippen LogP) is 2.66. The van der Waals surface area contributed by atoms with E-state index < -0.39 is 0 Å². The zero-order valence-electron chi connectivity index (χ0n) is 11.6. The summed E-state index contributed by atoms with van der Waals surface area (Å²) in [4.78, 5) is 8.93. The first-order chi connectivity index (χ1) is 9.81. The Bertz CT molecular complexity index is 559. The third-order valence-electron chi connectivity index (χ3n) is 3.62. The van der Waals surface area contributed by atoms with Gasteiger partial charge in [0.2, 0.25) is 0 Å². The Hall–Kier alpha value is -1.94. The molecular formula is C16H19N3O. The molecule has 1 fully saturated rings. The smallest absolute Gasteiger partial charge is 0.135 e. The maximum atomic E-state index is 5.56. The van der Waals surface area contributed by atoms with E-state index in [-0.39, 0.29) is 6.10 Å². The van der Waals surface area contributed by atoms with Gasteiger partial charge in [-0.1, -0.05) is 30.3 Å². The van der Waals surface area contributed by atoms with Gasteiger partial charge in [0, 0.05) is 19.2 Å². The van der Waals surface area contributed by atoms with Crippen molar-refractivity contribution in [1.82, 2.24) is 9.97 Å². The summed E-state index contributed by atoms with van der Waals surface area (Å²) >= 11 is 0. The zero-order chi connectivity index (χ0) is 13.8. The van der Waals surface area contributed by atoms with Crippen molar-refractivity contribution in [2.75, 3.05) is 11.9 Å². The molecule has 0 unspecified atom stereocenters. The summed E-state index contributed by atoms with van der Waals surface area (Å²) < 4.78 is 5.56. The molecular weight excluding hydrogens is 250 g/mol. The van der Waals surface area contributed by atoms with Gasteiger partial charge >= 0.3 is 0 Å². The number of nitrogens with zero attached hydrogens (tertiary/aromatic N) is 2. The molecule has 0 spiro atoms. The van der Waals surface area contributed by atoms with Gasteiger partial charge in [0.25, 0.3) is 0 Å². The second kappa shape index (κ2) is 6.01. The van der Waals surface area contributed by atoms with Gasteiger partial charge in [0.05, 0.1) is 12.1 Å². The van der Waals surface area contributed by atoms with Crippen LogP contribution in [0.25, 0.3) is 0 Å². The van der Waals surface area contributed by atoms with Gasteiger partial charge in [0.15, 0.2) is 0 Å². The fourth-order valence-electron chi connectivity index (χ4n) is 2.45. The van der Waals surface area contributed by atoms with Crippen molar-refractivity contribution in [3.63, 3.8) is 0 Å². The summed E-state index contributed by atoms with van der Waals surface area (Å²) in [6, 6.07) is 12.5. The van der Waals surface area contributed by atoms with Crippen LogP contribution in [0.2, 0.25) is 0 Å². The van der Waals surface area contributed by atoms with Crippen LogP contribution in [-0.2, 0) is 11.2 Å². The topological polar surface area (TPSA) is 47.0 Å². The maximum absolute atomic E-state index is 5.56. The Morgan fingerprint density at radius 2 is 2.10 bits per heavy atom. The second-order valence-electron chi connectivity index (χ2n) is 5.14. The first-order valence-electron chi connectivity index (χ1n) is 7.05. The molecule has 4 nitrogen and oxygen atoms in total. The van der Waals surface area contributed by atoms with Gasteiger partial charge in [-0.3, -0.25) is 0 Å². The molecule has 0 radical (unpaired) electrons. The molecule has 1 N–H and O–H groups in total. The Labute approximate surface area is 119 Å². The molecule has 2 heterocycles. The lowest BCUT2D eigenvalue weighted by Crippen LogP contribution is -2.27. The van der Waals surface area contributed by atoms with E-state index >= 15 is 0 Å². The highest BCUT2D eigenvalue weighted by Gasteiger charge is 2.24. The Kier molecular flexibility index (Phi) is 3.92. The van der Waals surface area contributed by atoms with Crippen LogP contribution in [0.5, 0.6) is 0 Å². The summed E-state index contributed by atoms with van der Waals surface area (Å²) in [5, 5.41) is 3.44. The normalized spacial score (nSPS) is 21.9. The highest BCUT2D eigenvalue weighted by molar-refractivity contribution is 5.35. The number of ether oxygens (including phenoxy) is 1. The van der Waals surface area contributed by atoms with Crippen LogP contribution in [0.15, 0.2) is 42.6 Å². The van der Waals surface area contributed by atoms with Gasteiger partial charge in [-0.25, -0.2) is 9.97 Å². The van der Waals surface area contributed by atoms with E-state index in [1.54, 1.807) is 0 Å². The zero-order valence-corrected chi connectivity index (χ0v) is 11.6. The monoisotopic (exact) mass is 269 g/mol. The number of aromatic nitrogens is 2. The average molecular weight is 269 g/mol. The molecule has 104 valence electrons. The molecule has 1 aromatic carbocycles. The van der Waals surface area contributed by atoms with E-state index in [0.717, 1.165) is 31.1 Å². The van der Waals surface area contributed by atoms with Gasteiger partial charge in [-0.15, -0.1) is 0 Å². The molecule has 2 atom stereocenters. The van der Waals surface area contributed by atoms with Crippen molar-refractivity contribution < 1.29 is 4.74 Å². The van der Waals surface area contributed by atoms with E-state index in [4.69, 9.17) is 4.74 Å². The lowest BCUT2D eigenvalue weighted by molar-refractivity contribution is 0.121. The first kappa shape index (κ1) is 13.1. The highest BCUT2D eigenvalue weighted by atomic mass is 16.5. The summed E-state index contributed by atoms with van der Waals surface area (Å²) in [5.41, 5.74) is 1.22. The molecule has 20 heavy (non-hydrogen) atoms. The molecule has 1 saturated heterocycles. The largest absolute Gasteiger partial charge is 0.376 e. The van der Waals surface area contributed by atoms with Crippen LogP contribution in [0.4, 0.5) is 5.82 Å². The Morgan fingerprint density at radius 3 is 2.85 bits per heavy atom. The quantitative estimate of drug-likeness (QED) is 0.927. The van der Waals surface area contributed by atoms with Crippen molar-refractivity contribution in [2.24, 2.45) is 0 Å². The van der Waals surface area contributed by atoms with Crippen molar-refractivity contribution in [3.8, 4) is 0 Å². The third-order valence-corrected chi connectivity index (χ3v) is 3.62. The lowest BCUT2D eigenvalue weighted by Gasteiger charge is -2.16. The molecule has 1 aromatic heterocycles. The van der Waals surface area contributed by atoms with Crippen LogP contribution in [0.1, 0.15) is 24.7 Å². The summed E-state index contributed by atoms with van der Waals surface area (Å²) in [6.45, 7) is 2.91. The van der Waals surface area contributed by atoms with Crippen molar-refractivity contribution in [2.45, 2.75) is 31.9 Å². The summed E-state index contributed by atoms with van der Waals surface area (Å²) in [5.74, 6) is 1.72. The van der Waals surface area contributed by atoms with Gasteiger partial charge in [-0.2, -0.15) is 0 Å². The molecule has 0 amide bonds. The van der Waals surface area contributed by atoms with E-state index in [9.17, 15) is 0 Å². The van der Waals surface area contributed by atoms with E-state index in [1.807, 2.05) is 30.5 Å². The van der Waals surface area contributed by atoms with Crippen molar-refractivity contribution in [1.29, 1.82) is 0 Å². The number of benzene rings is 1. The number of hydrogen-bond acceptors (Lipinski definition) is 4. The minimum absolute atomic E-state index is 0.238. The molecule has 4 heteroatoms. The summed E-state index contributed by atoms with van der Waals surface area (Å²) in [6.07, 6.45) is 3.84. The molecule has 3 rings (SSSR count). The van der Waals surface area contributed by atoms with Crippen LogP contribution >= 0.6 is 0 Å². The third kappa shape index (κ3) is 3.14. The molecule has 0 saturated carbocycles. The van der Waals surface area contributed by atoms with E-state index in [0.29, 0.717) is 6.04 Å². The van der Waals surface area contributed by atoms with Gasteiger partial charge < -0.3 is 10.1 Å². The SMILES string of the molecule is C[C@H]1OCC[C@@H]1Nc1ccnc(Cc2ccccc2)n1. The summed E-state index contributed by atoms with van der Waals surface area (Å²) in [7, 11) is 0. The minimum atomic E-state index is 0.238. The number of nitrogens with one attached hydrogen (secondary N) is 1. The molecule has 1 aliphatic rings. The molecule has 0 aliphatic carbocycles. The fourth-order valence-corrected chi connectivity index (χ4v) is 2.45. The Morgan fingerprint density at radius 1 is 1.25 bits per heavy atom. The van der Waals surface area contributed by atoms with Gasteiger partial charge in [-0.05, 0) is 25.0 Å². The fraction of sp³-hybridized carbons (Fsp3) is 0.375. The lowest BCUT2D eigenvalue weighted by atomic mass is 10.1. The molecule has 2 aromatic rings. The Balaban J connectivity index is 1.69. The van der Waals surface area contributed by atoms with Gasteiger partial charge in [0.1, 0.15) is 11.6 Å². The minimum Gasteiger partial charge on any atom is -0.376 e. The van der Waals surface area contributed by atoms with E-state index in [2.05, 4.69) is 34.3 Å². The number of hydrogen-bond donors (Lipinski definition) is 1. The molecule has 0 bridgehead atoms. The van der Waals surface area contributed by atoms with Crippen LogP contribution < -0.4 is 5.32 Å². The van der Waals surface area contributed by atoms with Crippen LogP contribution in [-0.4, -0.2) is 28.7 Å². The number of anilines is 1. The molecule has 1 aliphatic heterocycles. The number of rotatable bonds is 4. The van der Waals surface area contributed by atoms with Crippen molar-refractivity contribution >= 4 is 5.82 Å². The highest BCUT2D eigenvalue weighted by Crippen LogP contribution is 2.17. The average Bonchev–Trinajstić information content (AvgIpc) is 2.86. The first-order valence-corrected chi connectivity index (χ1v) is 7.05. The maximum Gasteiger partial charge on any atom is 0.135 e. The predicted molar refractivity (Wildman–Crippen MR) is 78.7 cm³/mol. The van der Waals surface area contributed by atoms with Crippen LogP contribution in [0.3, 0.4) is 0 Å².